The van der Waals surface area contributed by atoms with Crippen LogP contribution in [0.5, 0.6) is 0 Å². The molecule has 0 aliphatic carbocycles. The Morgan fingerprint density at radius 3 is 2.56 bits per heavy atom. The molecule has 0 bridgehead atoms. The summed E-state index contributed by atoms with van der Waals surface area (Å²) in [6, 6.07) is 2.77. The Labute approximate surface area is 111 Å². The fraction of sp³-hybridized carbons (Fsp3) is 0.500. The molecule has 100 valence electrons. The van der Waals surface area contributed by atoms with Crippen LogP contribution < -0.4 is 9.62 Å². The van der Waals surface area contributed by atoms with Gasteiger partial charge in [0.15, 0.2) is 0 Å². The van der Waals surface area contributed by atoms with E-state index in [9.17, 15) is 13.0 Å². The number of halogens is 1. The first-order valence-corrected chi connectivity index (χ1v) is 7.35. The van der Waals surface area contributed by atoms with Crippen molar-refractivity contribution in [2.75, 3.05) is 17.4 Å². The number of hydrogen-bond acceptors (Lipinski definition) is 4. The summed E-state index contributed by atoms with van der Waals surface area (Å²) in [4.78, 5) is 3.84. The molecule has 1 fully saturated rings. The van der Waals surface area contributed by atoms with E-state index in [0.717, 1.165) is 17.4 Å². The van der Waals surface area contributed by atoms with Crippen molar-refractivity contribution < 1.29 is 13.0 Å². The van der Waals surface area contributed by atoms with E-state index < -0.39 is 10.3 Å². The van der Waals surface area contributed by atoms with Crippen LogP contribution in [-0.2, 0) is 10.3 Å². The topological polar surface area (TPSA) is 82.5 Å². The van der Waals surface area contributed by atoms with E-state index in [2.05, 4.69) is 10.3 Å². The molecule has 0 unspecified atom stereocenters. The zero-order valence-corrected chi connectivity index (χ0v) is 11.2. The smallest absolute Gasteiger partial charge is 0.317 e. The fourth-order valence-corrected chi connectivity index (χ4v) is 3.15. The molecule has 6 nitrogen and oxygen atoms in total. The summed E-state index contributed by atoms with van der Waals surface area (Å²) in [7, 11) is -4.31. The van der Waals surface area contributed by atoms with Gasteiger partial charge in [-0.3, -0.25) is 4.55 Å². The zero-order valence-electron chi connectivity index (χ0n) is 9.58. The molecule has 0 radical (unpaired) electrons. The molecule has 1 saturated heterocycles. The Kier molecular flexibility index (Phi) is 4.06. The van der Waals surface area contributed by atoms with Crippen molar-refractivity contribution in [2.24, 2.45) is 0 Å². The van der Waals surface area contributed by atoms with Gasteiger partial charge in [0.2, 0.25) is 0 Å². The summed E-state index contributed by atoms with van der Waals surface area (Å²) >= 11 is 5.66. The zero-order chi connectivity index (χ0) is 13.2. The minimum Gasteiger partial charge on any atom is -0.317 e. The van der Waals surface area contributed by atoms with Gasteiger partial charge in [-0.2, -0.15) is 8.42 Å². The lowest BCUT2D eigenvalue weighted by Gasteiger charge is -2.32. The van der Waals surface area contributed by atoms with E-state index in [4.69, 9.17) is 11.6 Å². The quantitative estimate of drug-likeness (QED) is 0.644. The highest BCUT2D eigenvalue weighted by atomic mass is 35.5. The molecule has 1 aliphatic rings. The summed E-state index contributed by atoms with van der Waals surface area (Å²) in [5, 5.41) is 3.42. The van der Waals surface area contributed by atoms with Crippen LogP contribution in [0, 0.1) is 0 Å². The summed E-state index contributed by atoms with van der Waals surface area (Å²) in [5.74, 6) is 0. The predicted octanol–water partition coefficient (Wildman–Crippen LogP) is 1.10. The molecule has 0 atom stereocenters. The van der Waals surface area contributed by atoms with Gasteiger partial charge in [0.25, 0.3) is 0 Å². The van der Waals surface area contributed by atoms with Gasteiger partial charge in [-0.05, 0) is 38.1 Å². The molecule has 0 spiro atoms. The SMILES string of the molecule is O=S(=O)(O)N(c1ccc(Cl)nc1)C1CCNCC1. The summed E-state index contributed by atoms with van der Waals surface area (Å²) in [6.45, 7) is 1.44. The third kappa shape index (κ3) is 3.11. The maximum Gasteiger partial charge on any atom is 0.360 e. The molecule has 2 rings (SSSR count). The predicted molar refractivity (Wildman–Crippen MR) is 69.2 cm³/mol. The molecule has 8 heteroatoms. The second-order valence-electron chi connectivity index (χ2n) is 4.09. The van der Waals surface area contributed by atoms with Crippen LogP contribution in [-0.4, -0.2) is 37.1 Å². The summed E-state index contributed by atoms with van der Waals surface area (Å²) < 4.78 is 33.4. The Hall–Kier alpha value is -0.890. The van der Waals surface area contributed by atoms with Crippen LogP contribution >= 0.6 is 11.6 Å². The molecule has 1 aromatic rings. The van der Waals surface area contributed by atoms with Crippen molar-refractivity contribution in [1.82, 2.24) is 10.3 Å². The van der Waals surface area contributed by atoms with Crippen LogP contribution in [0.15, 0.2) is 18.3 Å². The lowest BCUT2D eigenvalue weighted by atomic mass is 10.1. The number of aromatic nitrogens is 1. The van der Waals surface area contributed by atoms with Gasteiger partial charge in [0.1, 0.15) is 5.15 Å². The van der Waals surface area contributed by atoms with Crippen LogP contribution in [0.3, 0.4) is 0 Å². The van der Waals surface area contributed by atoms with E-state index in [1.165, 1.54) is 18.3 Å². The van der Waals surface area contributed by atoms with Crippen molar-refractivity contribution >= 4 is 27.6 Å². The molecule has 1 aliphatic heterocycles. The number of nitrogens with one attached hydrogen (secondary N) is 1. The minimum atomic E-state index is -4.31. The molecule has 2 heterocycles. The third-order valence-electron chi connectivity index (χ3n) is 2.86. The average Bonchev–Trinajstić information content (AvgIpc) is 2.32. The van der Waals surface area contributed by atoms with Crippen LogP contribution in [0.25, 0.3) is 0 Å². The van der Waals surface area contributed by atoms with Gasteiger partial charge in [0.05, 0.1) is 11.9 Å². The van der Waals surface area contributed by atoms with Gasteiger partial charge < -0.3 is 5.32 Å². The molecule has 0 saturated carbocycles. The molecule has 2 N–H and O–H groups in total. The largest absolute Gasteiger partial charge is 0.360 e. The van der Waals surface area contributed by atoms with E-state index in [1.807, 2.05) is 0 Å². The summed E-state index contributed by atoms with van der Waals surface area (Å²) in [5.41, 5.74) is 0.328. The Morgan fingerprint density at radius 2 is 2.06 bits per heavy atom. The lowest BCUT2D eigenvalue weighted by molar-refractivity contribution is 0.426. The van der Waals surface area contributed by atoms with Crippen molar-refractivity contribution in [3.63, 3.8) is 0 Å². The van der Waals surface area contributed by atoms with Crippen LogP contribution in [0.4, 0.5) is 5.69 Å². The van der Waals surface area contributed by atoms with Gasteiger partial charge in [-0.25, -0.2) is 9.29 Å². The van der Waals surface area contributed by atoms with Crippen molar-refractivity contribution in [3.05, 3.63) is 23.5 Å². The number of nitrogens with zero attached hydrogens (tertiary/aromatic N) is 2. The molecule has 18 heavy (non-hydrogen) atoms. The van der Waals surface area contributed by atoms with Crippen LogP contribution in [0.1, 0.15) is 12.8 Å². The average molecular weight is 292 g/mol. The van der Waals surface area contributed by atoms with E-state index in [-0.39, 0.29) is 11.2 Å². The fourth-order valence-electron chi connectivity index (χ4n) is 2.07. The highest BCUT2D eigenvalue weighted by Crippen LogP contribution is 2.24. The second kappa shape index (κ2) is 5.40. The Bertz CT molecular complexity index is 500. The monoisotopic (exact) mass is 291 g/mol. The summed E-state index contributed by atoms with van der Waals surface area (Å²) in [6.07, 6.45) is 2.63. The van der Waals surface area contributed by atoms with Crippen molar-refractivity contribution in [2.45, 2.75) is 18.9 Å². The second-order valence-corrected chi connectivity index (χ2v) is 5.77. The van der Waals surface area contributed by atoms with Gasteiger partial charge in [-0.15, -0.1) is 0 Å². The van der Waals surface area contributed by atoms with E-state index in [0.29, 0.717) is 18.5 Å². The van der Waals surface area contributed by atoms with E-state index >= 15 is 0 Å². The first kappa shape index (κ1) is 13.5. The van der Waals surface area contributed by atoms with Crippen molar-refractivity contribution in [3.8, 4) is 0 Å². The molecule has 1 aromatic heterocycles. The van der Waals surface area contributed by atoms with Gasteiger partial charge in [0, 0.05) is 6.04 Å². The molecular weight excluding hydrogens is 278 g/mol. The van der Waals surface area contributed by atoms with Gasteiger partial charge in [-0.1, -0.05) is 11.6 Å². The highest BCUT2D eigenvalue weighted by molar-refractivity contribution is 7.87. The minimum absolute atomic E-state index is 0.260. The Balaban J connectivity index is 2.33. The van der Waals surface area contributed by atoms with Crippen molar-refractivity contribution in [1.29, 1.82) is 0 Å². The molecule has 0 amide bonds. The van der Waals surface area contributed by atoms with Crippen LogP contribution in [0.2, 0.25) is 5.15 Å². The number of anilines is 1. The molecular formula is C10H14ClN3O3S. The number of pyridine rings is 1. The van der Waals surface area contributed by atoms with Gasteiger partial charge >= 0.3 is 10.3 Å². The first-order chi connectivity index (χ1) is 8.48. The maximum atomic E-state index is 11.5. The number of piperidine rings is 1. The third-order valence-corrected chi connectivity index (χ3v) is 4.08. The Morgan fingerprint density at radius 1 is 1.39 bits per heavy atom. The number of rotatable bonds is 3. The number of hydrogen-bond donors (Lipinski definition) is 2. The molecule has 0 aromatic carbocycles. The van der Waals surface area contributed by atoms with E-state index in [1.54, 1.807) is 0 Å². The normalized spacial score (nSPS) is 17.7. The first-order valence-electron chi connectivity index (χ1n) is 5.57. The highest BCUT2D eigenvalue weighted by Gasteiger charge is 2.30. The lowest BCUT2D eigenvalue weighted by Crippen LogP contribution is -2.46. The maximum absolute atomic E-state index is 11.5. The standard InChI is InChI=1S/C10H14ClN3O3S/c11-10-2-1-9(7-13-10)14(18(15,16)17)8-3-5-12-6-4-8/h1-2,7-8,12H,3-6H2,(H,15,16,17).